The van der Waals surface area contributed by atoms with Crippen molar-refractivity contribution < 1.29 is 27.1 Å². The van der Waals surface area contributed by atoms with Crippen molar-refractivity contribution in [3.8, 4) is 22.9 Å². The van der Waals surface area contributed by atoms with Crippen LogP contribution in [-0.2, 0) is 10.0 Å². The highest BCUT2D eigenvalue weighted by Gasteiger charge is 2.21. The first-order valence-electron chi connectivity index (χ1n) is 11.6. The number of carbonyl (C=O) groups excluding carboxylic acids is 1. The average molecular weight is 550 g/mol. The largest absolute Gasteiger partial charge is 0.495 e. The van der Waals surface area contributed by atoms with Crippen LogP contribution in [0, 0.1) is 12.7 Å². The van der Waals surface area contributed by atoms with Crippen LogP contribution in [0.5, 0.6) is 17.2 Å². The Bertz CT molecular complexity index is 1840. The Labute approximate surface area is 223 Å². The number of hydrogen-bond donors (Lipinski definition) is 3. The zero-order chi connectivity index (χ0) is 27.9. The molecule has 0 aliphatic carbocycles. The highest BCUT2D eigenvalue weighted by molar-refractivity contribution is 7.92. The molecule has 5 aromatic rings. The fourth-order valence-electron chi connectivity index (χ4n) is 4.18. The summed E-state index contributed by atoms with van der Waals surface area (Å²) >= 11 is 0. The van der Waals surface area contributed by atoms with Gasteiger partial charge in [0.15, 0.2) is 11.6 Å². The van der Waals surface area contributed by atoms with E-state index in [2.05, 4.69) is 14.8 Å². The van der Waals surface area contributed by atoms with E-state index in [1.165, 1.54) is 30.1 Å². The van der Waals surface area contributed by atoms with E-state index in [0.29, 0.717) is 28.1 Å². The predicted octanol–water partition coefficient (Wildman–Crippen LogP) is 4.79. The van der Waals surface area contributed by atoms with Crippen LogP contribution in [0.15, 0.2) is 66.9 Å². The lowest BCUT2D eigenvalue weighted by Crippen LogP contribution is -2.10. The van der Waals surface area contributed by atoms with Crippen molar-refractivity contribution in [3.63, 3.8) is 0 Å². The third-order valence-corrected chi connectivity index (χ3v) is 6.58. The number of para-hydroxylation sites is 1. The van der Waals surface area contributed by atoms with Crippen LogP contribution in [0.3, 0.4) is 0 Å². The number of nitrogens with zero attached hydrogens (tertiary/aromatic N) is 2. The molecule has 0 aliphatic heterocycles. The van der Waals surface area contributed by atoms with Crippen molar-refractivity contribution in [3.05, 3.63) is 89.5 Å². The Kier molecular flexibility index (Phi) is 6.48. The Balaban J connectivity index is 1.44. The molecule has 0 radical (unpaired) electrons. The molecule has 0 spiro atoms. The van der Waals surface area contributed by atoms with Crippen molar-refractivity contribution in [1.82, 2.24) is 14.8 Å². The van der Waals surface area contributed by atoms with Crippen molar-refractivity contribution in [2.24, 2.45) is 0 Å². The first-order chi connectivity index (χ1) is 18.5. The maximum absolute atomic E-state index is 14.0. The predicted molar refractivity (Wildman–Crippen MR) is 146 cm³/mol. The van der Waals surface area contributed by atoms with E-state index in [0.717, 1.165) is 11.8 Å². The number of anilines is 2. The SMILES string of the molecule is COc1cc2cc(C(=O)c3cnn(-c4ccc(Oc5ccccc5F)cc4C)c3N)[nH]c2cc1NS(C)(=O)=O. The molecule has 0 bridgehead atoms. The molecule has 39 heavy (non-hydrogen) atoms. The molecule has 0 saturated heterocycles. The fraction of sp³-hybridized carbons (Fsp3) is 0.111. The zero-order valence-electron chi connectivity index (χ0n) is 21.2. The number of methoxy groups -OCH3 is 1. The molecule has 3 aromatic carbocycles. The number of ether oxygens (including phenoxy) is 2. The molecular formula is C27H24FN5O5S. The second kappa shape index (κ2) is 9.80. The number of H-pyrrole nitrogens is 1. The number of nitrogens with two attached hydrogens (primary N) is 1. The molecule has 10 nitrogen and oxygen atoms in total. The number of fused-ring (bicyclic) bond motifs is 1. The summed E-state index contributed by atoms with van der Waals surface area (Å²) in [6.07, 6.45) is 2.41. The number of rotatable bonds is 8. The molecule has 5 rings (SSSR count). The van der Waals surface area contributed by atoms with Gasteiger partial charge in [-0.1, -0.05) is 12.1 Å². The van der Waals surface area contributed by atoms with E-state index in [1.807, 2.05) is 6.92 Å². The number of aryl methyl sites for hydroxylation is 1. The van der Waals surface area contributed by atoms with Gasteiger partial charge in [-0.25, -0.2) is 17.5 Å². The van der Waals surface area contributed by atoms with E-state index < -0.39 is 21.6 Å². The monoisotopic (exact) mass is 549 g/mol. The van der Waals surface area contributed by atoms with Crippen molar-refractivity contribution in [2.45, 2.75) is 6.92 Å². The highest BCUT2D eigenvalue weighted by atomic mass is 32.2. The molecule has 2 aromatic heterocycles. The maximum Gasteiger partial charge on any atom is 0.229 e. The molecular weight excluding hydrogens is 525 g/mol. The van der Waals surface area contributed by atoms with Gasteiger partial charge in [0.25, 0.3) is 0 Å². The Morgan fingerprint density at radius 2 is 1.87 bits per heavy atom. The molecule has 200 valence electrons. The lowest BCUT2D eigenvalue weighted by atomic mass is 10.1. The van der Waals surface area contributed by atoms with Crippen LogP contribution in [0.25, 0.3) is 16.6 Å². The van der Waals surface area contributed by atoms with Gasteiger partial charge >= 0.3 is 0 Å². The summed E-state index contributed by atoms with van der Waals surface area (Å²) in [6.45, 7) is 1.82. The molecule has 0 aliphatic rings. The van der Waals surface area contributed by atoms with Gasteiger partial charge in [0, 0.05) is 10.9 Å². The smallest absolute Gasteiger partial charge is 0.229 e. The van der Waals surface area contributed by atoms with Gasteiger partial charge in [-0.2, -0.15) is 5.10 Å². The van der Waals surface area contributed by atoms with E-state index in [1.54, 1.807) is 48.5 Å². The van der Waals surface area contributed by atoms with E-state index >= 15 is 0 Å². The Hall–Kier alpha value is -4.84. The van der Waals surface area contributed by atoms with E-state index in [4.69, 9.17) is 15.2 Å². The standard InChI is InChI=1S/C27H24FN5O5S/c1-15-10-17(38-24-7-5-4-6-19(24)28)8-9-23(15)33-27(29)18(14-30-33)26(34)22-11-16-12-25(37-2)21(13-20(16)31-22)32-39(3,35)36/h4-14,31-32H,29H2,1-3H3. The number of sulfonamides is 1. The number of nitrogens with one attached hydrogen (secondary N) is 2. The van der Waals surface area contributed by atoms with Gasteiger partial charge in [0.2, 0.25) is 15.8 Å². The van der Waals surface area contributed by atoms with Gasteiger partial charge in [-0.3, -0.25) is 9.52 Å². The van der Waals surface area contributed by atoms with Gasteiger partial charge in [0.1, 0.15) is 17.3 Å². The summed E-state index contributed by atoms with van der Waals surface area (Å²) in [5, 5.41) is 4.96. The molecule has 0 unspecified atom stereocenters. The summed E-state index contributed by atoms with van der Waals surface area (Å²) in [5.74, 6) is 0.0892. The van der Waals surface area contributed by atoms with Crippen molar-refractivity contribution in [1.29, 1.82) is 0 Å². The molecule has 0 atom stereocenters. The average Bonchev–Trinajstić information content (AvgIpc) is 3.47. The first-order valence-corrected chi connectivity index (χ1v) is 13.5. The number of halogens is 1. The highest BCUT2D eigenvalue weighted by Crippen LogP contribution is 2.33. The quantitative estimate of drug-likeness (QED) is 0.236. The number of aromatic nitrogens is 3. The van der Waals surface area contributed by atoms with Crippen LogP contribution in [0.1, 0.15) is 21.6 Å². The second-order valence-corrected chi connectivity index (χ2v) is 10.6. The van der Waals surface area contributed by atoms with Gasteiger partial charge in [0.05, 0.1) is 42.2 Å². The maximum atomic E-state index is 14.0. The minimum absolute atomic E-state index is 0.103. The normalized spacial score (nSPS) is 11.5. The molecule has 12 heteroatoms. The lowest BCUT2D eigenvalue weighted by Gasteiger charge is -2.12. The topological polar surface area (TPSA) is 141 Å². The first kappa shape index (κ1) is 25.8. The third kappa shape index (κ3) is 5.14. The number of nitrogen functional groups attached to an aromatic ring is 1. The van der Waals surface area contributed by atoms with Crippen LogP contribution in [0.2, 0.25) is 0 Å². The van der Waals surface area contributed by atoms with E-state index in [9.17, 15) is 17.6 Å². The third-order valence-electron chi connectivity index (χ3n) is 5.99. The molecule has 4 N–H and O–H groups in total. The summed E-state index contributed by atoms with van der Waals surface area (Å²) in [4.78, 5) is 16.4. The summed E-state index contributed by atoms with van der Waals surface area (Å²) in [5.41, 5.74) is 8.87. The number of benzene rings is 3. The number of hydrogen-bond acceptors (Lipinski definition) is 7. The van der Waals surface area contributed by atoms with Crippen LogP contribution < -0.4 is 19.9 Å². The Morgan fingerprint density at radius 3 is 2.56 bits per heavy atom. The number of carbonyl (C=O) groups is 1. The zero-order valence-corrected chi connectivity index (χ0v) is 22.0. The summed E-state index contributed by atoms with van der Waals surface area (Å²) < 4.78 is 52.2. The fourth-order valence-corrected chi connectivity index (χ4v) is 4.74. The number of aromatic amines is 1. The van der Waals surface area contributed by atoms with Crippen molar-refractivity contribution in [2.75, 3.05) is 23.8 Å². The summed E-state index contributed by atoms with van der Waals surface area (Å²) in [7, 11) is -2.13. The van der Waals surface area contributed by atoms with Gasteiger partial charge in [-0.15, -0.1) is 0 Å². The molecule has 2 heterocycles. The van der Waals surface area contributed by atoms with Crippen molar-refractivity contribution >= 4 is 38.2 Å². The van der Waals surface area contributed by atoms with Crippen LogP contribution in [-0.4, -0.2) is 42.3 Å². The Morgan fingerprint density at radius 1 is 1.10 bits per heavy atom. The molecule has 0 fully saturated rings. The van der Waals surface area contributed by atoms with E-state index in [-0.39, 0.29) is 28.5 Å². The van der Waals surface area contributed by atoms with Gasteiger partial charge in [-0.05, 0) is 61.0 Å². The lowest BCUT2D eigenvalue weighted by molar-refractivity contribution is 0.103. The van der Waals surface area contributed by atoms with Crippen LogP contribution >= 0.6 is 0 Å². The second-order valence-electron chi connectivity index (χ2n) is 8.86. The van der Waals surface area contributed by atoms with Crippen LogP contribution in [0.4, 0.5) is 15.9 Å². The molecule has 0 amide bonds. The van der Waals surface area contributed by atoms with Gasteiger partial charge < -0.3 is 20.2 Å². The minimum Gasteiger partial charge on any atom is -0.495 e. The summed E-state index contributed by atoms with van der Waals surface area (Å²) in [6, 6.07) is 16.0. The number of ketones is 1. The molecule has 0 saturated carbocycles. The minimum atomic E-state index is -3.55.